The predicted molar refractivity (Wildman–Crippen MR) is 71.0 cm³/mol. The number of nitro groups is 1. The van der Waals surface area contributed by atoms with Gasteiger partial charge in [-0.1, -0.05) is 29.5 Å². The molecule has 0 amide bonds. The lowest BCUT2D eigenvalue weighted by Gasteiger charge is -2.05. The fourth-order valence-corrected chi connectivity index (χ4v) is 2.46. The zero-order chi connectivity index (χ0) is 13.4. The number of benzene rings is 1. The van der Waals surface area contributed by atoms with Crippen molar-refractivity contribution < 1.29 is 9.66 Å². The number of imidazole rings is 1. The first-order valence-corrected chi connectivity index (χ1v) is 6.38. The molecule has 0 radical (unpaired) electrons. The van der Waals surface area contributed by atoms with Crippen LogP contribution in [0, 0.1) is 17.0 Å². The Morgan fingerprint density at radius 1 is 1.42 bits per heavy atom. The zero-order valence-corrected chi connectivity index (χ0v) is 10.8. The van der Waals surface area contributed by atoms with Crippen LogP contribution in [0.3, 0.4) is 0 Å². The van der Waals surface area contributed by atoms with E-state index in [2.05, 4.69) is 4.98 Å². The van der Waals surface area contributed by atoms with Crippen molar-refractivity contribution >= 4 is 22.1 Å². The molecular weight excluding hydrogens is 266 g/mol. The average molecular weight is 275 g/mol. The van der Waals surface area contributed by atoms with Crippen LogP contribution in [0.5, 0.6) is 11.6 Å². The molecule has 0 saturated heterocycles. The molecule has 0 spiro atoms. The van der Waals surface area contributed by atoms with Crippen LogP contribution in [-0.4, -0.2) is 14.3 Å². The van der Waals surface area contributed by atoms with Gasteiger partial charge in [-0.3, -0.25) is 0 Å². The molecule has 7 heteroatoms. The van der Waals surface area contributed by atoms with Gasteiger partial charge in [0.15, 0.2) is 0 Å². The lowest BCUT2D eigenvalue weighted by atomic mass is 10.2. The van der Waals surface area contributed by atoms with Crippen LogP contribution >= 0.6 is 11.3 Å². The first-order valence-electron chi connectivity index (χ1n) is 5.50. The molecule has 2 aromatic heterocycles. The van der Waals surface area contributed by atoms with E-state index in [1.54, 1.807) is 17.6 Å². The minimum atomic E-state index is -0.486. The number of aromatic nitrogens is 2. The van der Waals surface area contributed by atoms with Gasteiger partial charge >= 0.3 is 11.7 Å². The third-order valence-corrected chi connectivity index (χ3v) is 3.44. The monoisotopic (exact) mass is 275 g/mol. The standard InChI is InChI=1S/C12H9N3O3S/c1-8-4-2-3-5-9(8)18-10-11(15(16)17)14-6-7-19-12(14)13-10/h2-7H,1H3. The van der Waals surface area contributed by atoms with Crippen LogP contribution in [0.1, 0.15) is 5.56 Å². The number of aryl methyl sites for hydroxylation is 1. The van der Waals surface area contributed by atoms with E-state index in [0.29, 0.717) is 10.7 Å². The fraction of sp³-hybridized carbons (Fsp3) is 0.0833. The smallest absolute Gasteiger partial charge is 0.393 e. The summed E-state index contributed by atoms with van der Waals surface area (Å²) >= 11 is 1.32. The molecule has 3 rings (SSSR count). The van der Waals surface area contributed by atoms with E-state index in [0.717, 1.165) is 5.56 Å². The van der Waals surface area contributed by atoms with Gasteiger partial charge in [-0.2, -0.15) is 9.38 Å². The predicted octanol–water partition coefficient (Wildman–Crippen LogP) is 3.40. The molecular formula is C12H9N3O3S. The third kappa shape index (κ3) is 1.93. The molecule has 96 valence electrons. The van der Waals surface area contributed by atoms with Gasteiger partial charge < -0.3 is 14.9 Å². The quantitative estimate of drug-likeness (QED) is 0.542. The summed E-state index contributed by atoms with van der Waals surface area (Å²) in [6.07, 6.45) is 1.61. The van der Waals surface area contributed by atoms with Crippen LogP contribution in [0.4, 0.5) is 5.82 Å². The maximum Gasteiger partial charge on any atom is 0.393 e. The maximum atomic E-state index is 11.1. The summed E-state index contributed by atoms with van der Waals surface area (Å²) in [5, 5.41) is 12.9. The Bertz CT molecular complexity index is 763. The molecule has 2 heterocycles. The first kappa shape index (κ1) is 11.7. The van der Waals surface area contributed by atoms with E-state index in [-0.39, 0.29) is 11.7 Å². The molecule has 6 nitrogen and oxygen atoms in total. The van der Waals surface area contributed by atoms with Crippen molar-refractivity contribution in [2.75, 3.05) is 0 Å². The van der Waals surface area contributed by atoms with Gasteiger partial charge in [0.2, 0.25) is 0 Å². The second-order valence-electron chi connectivity index (χ2n) is 3.92. The zero-order valence-electron chi connectivity index (χ0n) is 9.94. The second-order valence-corrected chi connectivity index (χ2v) is 4.79. The molecule has 0 aliphatic rings. The Morgan fingerprint density at radius 3 is 2.95 bits per heavy atom. The summed E-state index contributed by atoms with van der Waals surface area (Å²) in [6, 6.07) is 7.32. The Balaban J connectivity index is 2.10. The highest BCUT2D eigenvalue weighted by Crippen LogP contribution is 2.34. The highest BCUT2D eigenvalue weighted by molar-refractivity contribution is 7.15. The normalized spacial score (nSPS) is 10.8. The van der Waals surface area contributed by atoms with Gasteiger partial charge in [0, 0.05) is 5.38 Å². The number of hydrogen-bond acceptors (Lipinski definition) is 5. The first-order chi connectivity index (χ1) is 9.16. The van der Waals surface area contributed by atoms with Gasteiger partial charge in [-0.25, -0.2) is 0 Å². The third-order valence-electron chi connectivity index (χ3n) is 2.68. The van der Waals surface area contributed by atoms with Gasteiger partial charge in [-0.05, 0) is 23.5 Å². The number of rotatable bonds is 3. The van der Waals surface area contributed by atoms with Crippen molar-refractivity contribution in [1.82, 2.24) is 9.38 Å². The fourth-order valence-electron chi connectivity index (χ4n) is 1.76. The number of thiazole rings is 1. The SMILES string of the molecule is Cc1ccccc1Oc1nc2sccn2c1[N+](=O)[O-]. The van der Waals surface area contributed by atoms with Crippen LogP contribution in [0.25, 0.3) is 4.96 Å². The minimum Gasteiger partial charge on any atom is -0.432 e. The lowest BCUT2D eigenvalue weighted by Crippen LogP contribution is -1.95. The molecule has 0 aliphatic carbocycles. The number of fused-ring (bicyclic) bond motifs is 1. The Morgan fingerprint density at radius 2 is 2.21 bits per heavy atom. The van der Waals surface area contributed by atoms with Gasteiger partial charge in [0.1, 0.15) is 11.9 Å². The summed E-state index contributed by atoms with van der Waals surface area (Å²) in [5.41, 5.74) is 0.896. The van der Waals surface area contributed by atoms with Crippen molar-refractivity contribution in [2.24, 2.45) is 0 Å². The van der Waals surface area contributed by atoms with Crippen molar-refractivity contribution in [2.45, 2.75) is 6.92 Å². The molecule has 3 aromatic rings. The van der Waals surface area contributed by atoms with E-state index in [4.69, 9.17) is 4.74 Å². The molecule has 0 saturated carbocycles. The van der Waals surface area contributed by atoms with Crippen LogP contribution in [-0.2, 0) is 0 Å². The highest BCUT2D eigenvalue weighted by atomic mass is 32.1. The van der Waals surface area contributed by atoms with E-state index >= 15 is 0 Å². The maximum absolute atomic E-state index is 11.1. The van der Waals surface area contributed by atoms with E-state index in [1.165, 1.54) is 15.7 Å². The molecule has 0 bridgehead atoms. The van der Waals surface area contributed by atoms with Crippen LogP contribution in [0.2, 0.25) is 0 Å². The van der Waals surface area contributed by atoms with E-state index in [1.807, 2.05) is 25.1 Å². The van der Waals surface area contributed by atoms with Gasteiger partial charge in [0.25, 0.3) is 4.96 Å². The molecule has 19 heavy (non-hydrogen) atoms. The van der Waals surface area contributed by atoms with Crippen molar-refractivity contribution in [3.63, 3.8) is 0 Å². The second kappa shape index (κ2) is 4.36. The summed E-state index contributed by atoms with van der Waals surface area (Å²) < 4.78 is 6.99. The van der Waals surface area contributed by atoms with Crippen molar-refractivity contribution in [3.8, 4) is 11.6 Å². The van der Waals surface area contributed by atoms with Gasteiger partial charge in [-0.15, -0.1) is 0 Å². The summed E-state index contributed by atoms with van der Waals surface area (Å²) in [5.74, 6) is 0.432. The van der Waals surface area contributed by atoms with E-state index < -0.39 is 4.92 Å². The lowest BCUT2D eigenvalue weighted by molar-refractivity contribution is -0.391. The number of nitrogens with zero attached hydrogens (tertiary/aromatic N) is 3. The summed E-state index contributed by atoms with van der Waals surface area (Å²) in [4.78, 5) is 15.3. The molecule has 0 fully saturated rings. The summed E-state index contributed by atoms with van der Waals surface area (Å²) in [7, 11) is 0. The van der Waals surface area contributed by atoms with E-state index in [9.17, 15) is 10.1 Å². The van der Waals surface area contributed by atoms with Crippen LogP contribution < -0.4 is 4.74 Å². The molecule has 0 atom stereocenters. The number of ether oxygens (including phenoxy) is 1. The van der Waals surface area contributed by atoms with Crippen molar-refractivity contribution in [1.29, 1.82) is 0 Å². The van der Waals surface area contributed by atoms with Gasteiger partial charge in [0.05, 0.1) is 0 Å². The highest BCUT2D eigenvalue weighted by Gasteiger charge is 2.25. The molecule has 0 unspecified atom stereocenters. The number of para-hydroxylation sites is 1. The Hall–Kier alpha value is -2.41. The largest absolute Gasteiger partial charge is 0.432 e. The Kier molecular flexibility index (Phi) is 2.68. The number of hydrogen-bond donors (Lipinski definition) is 0. The average Bonchev–Trinajstić information content (AvgIpc) is 2.91. The van der Waals surface area contributed by atoms with Crippen molar-refractivity contribution in [3.05, 3.63) is 51.5 Å². The minimum absolute atomic E-state index is 0.0196. The van der Waals surface area contributed by atoms with Crippen LogP contribution in [0.15, 0.2) is 35.8 Å². The Labute approximate surface area is 112 Å². The molecule has 0 aliphatic heterocycles. The summed E-state index contributed by atoms with van der Waals surface area (Å²) in [6.45, 7) is 1.87. The topological polar surface area (TPSA) is 69.7 Å². The molecule has 0 N–H and O–H groups in total. The molecule has 1 aromatic carbocycles.